The summed E-state index contributed by atoms with van der Waals surface area (Å²) in [6, 6.07) is 13.6. The van der Waals surface area contributed by atoms with Crippen molar-refractivity contribution in [1.29, 1.82) is 0 Å². The average molecular weight is 422 g/mol. The number of carbonyl (C=O) groups excluding carboxylic acids is 1. The lowest BCUT2D eigenvalue weighted by Crippen LogP contribution is -2.35. The number of benzene rings is 2. The number of amides is 2. The van der Waals surface area contributed by atoms with Gasteiger partial charge in [0.05, 0.1) is 24.9 Å². The van der Waals surface area contributed by atoms with Crippen molar-refractivity contribution in [2.75, 3.05) is 19.0 Å². The second-order valence-corrected chi connectivity index (χ2v) is 7.20. The van der Waals surface area contributed by atoms with Gasteiger partial charge in [-0.3, -0.25) is 5.32 Å². The summed E-state index contributed by atoms with van der Waals surface area (Å²) < 4.78 is 20.8. The highest BCUT2D eigenvalue weighted by atomic mass is 19.1. The van der Waals surface area contributed by atoms with Crippen molar-refractivity contribution in [3.05, 3.63) is 77.4 Å². The van der Waals surface area contributed by atoms with Crippen LogP contribution in [0.5, 0.6) is 0 Å². The van der Waals surface area contributed by atoms with E-state index < -0.39 is 6.03 Å². The highest BCUT2D eigenvalue weighted by Gasteiger charge is 2.18. The van der Waals surface area contributed by atoms with E-state index in [0.29, 0.717) is 23.7 Å². The Kier molecular flexibility index (Phi) is 5.94. The summed E-state index contributed by atoms with van der Waals surface area (Å²) in [6.45, 7) is 2.29. The lowest BCUT2D eigenvalue weighted by atomic mass is 10.1. The van der Waals surface area contributed by atoms with Gasteiger partial charge in [-0.25, -0.2) is 13.9 Å². The fraction of sp³-hybridized carbons (Fsp3) is 0.227. The van der Waals surface area contributed by atoms with Crippen LogP contribution in [0.4, 0.5) is 15.0 Å². The Morgan fingerprint density at radius 2 is 2.10 bits per heavy atom. The number of halogens is 1. The van der Waals surface area contributed by atoms with Gasteiger partial charge in [0.15, 0.2) is 5.82 Å². The van der Waals surface area contributed by atoms with Gasteiger partial charge in [-0.1, -0.05) is 29.5 Å². The molecule has 0 bridgehead atoms. The van der Waals surface area contributed by atoms with E-state index in [2.05, 4.69) is 25.9 Å². The van der Waals surface area contributed by atoms with Crippen molar-refractivity contribution in [2.24, 2.45) is 0 Å². The molecule has 2 aromatic carbocycles. The Morgan fingerprint density at radius 1 is 1.26 bits per heavy atom. The number of hydrogen-bond donors (Lipinski definition) is 3. The molecule has 0 saturated heterocycles. The topological polar surface area (TPSA) is 96.9 Å². The van der Waals surface area contributed by atoms with Crippen LogP contribution in [0, 0.1) is 12.7 Å². The molecule has 2 amide bonds. The third kappa shape index (κ3) is 4.56. The van der Waals surface area contributed by atoms with E-state index in [0.717, 1.165) is 16.5 Å². The first-order chi connectivity index (χ1) is 15.0. The third-order valence-corrected chi connectivity index (χ3v) is 5.11. The first-order valence-electron chi connectivity index (χ1n) is 9.82. The lowest BCUT2D eigenvalue weighted by molar-refractivity contribution is 0.168. The van der Waals surface area contributed by atoms with Crippen molar-refractivity contribution in [1.82, 2.24) is 25.3 Å². The van der Waals surface area contributed by atoms with Gasteiger partial charge in [0.25, 0.3) is 0 Å². The summed E-state index contributed by atoms with van der Waals surface area (Å²) in [5, 5.41) is 14.7. The quantitative estimate of drug-likeness (QED) is 0.422. The number of aromatic amines is 1. The standard InChI is InChI=1S/C22H23FN6O2/c1-14-21(27-28-29(14)12-17-5-3-4-6-18(17)23)26-22(30)25-20(13-31-2)15-7-8-19-16(11-15)9-10-24-19/h3-11,20,24H,12-13H2,1-2H3,(H2,25,26,30). The van der Waals surface area contributed by atoms with Crippen LogP contribution in [0.25, 0.3) is 10.9 Å². The summed E-state index contributed by atoms with van der Waals surface area (Å²) in [5.74, 6) is -0.00227. The van der Waals surface area contributed by atoms with Gasteiger partial charge >= 0.3 is 6.03 Å². The van der Waals surface area contributed by atoms with Crippen LogP contribution in [0.15, 0.2) is 54.7 Å². The summed E-state index contributed by atoms with van der Waals surface area (Å²) >= 11 is 0. The summed E-state index contributed by atoms with van der Waals surface area (Å²) in [7, 11) is 1.58. The Hall–Kier alpha value is -3.72. The van der Waals surface area contributed by atoms with Crippen molar-refractivity contribution in [3.63, 3.8) is 0 Å². The normalized spacial score (nSPS) is 12.1. The minimum absolute atomic E-state index is 0.220. The average Bonchev–Trinajstić information content (AvgIpc) is 3.36. The first-order valence-corrected chi connectivity index (χ1v) is 9.82. The lowest BCUT2D eigenvalue weighted by Gasteiger charge is -2.18. The Labute approximate surface area is 178 Å². The van der Waals surface area contributed by atoms with Gasteiger partial charge in [0.1, 0.15) is 5.82 Å². The van der Waals surface area contributed by atoms with Gasteiger partial charge in [0, 0.05) is 24.4 Å². The summed E-state index contributed by atoms with van der Waals surface area (Å²) in [6.07, 6.45) is 1.87. The van der Waals surface area contributed by atoms with Crippen molar-refractivity contribution >= 4 is 22.8 Å². The number of hydrogen-bond acceptors (Lipinski definition) is 4. The van der Waals surface area contributed by atoms with E-state index in [4.69, 9.17) is 4.74 Å². The smallest absolute Gasteiger partial charge is 0.321 e. The van der Waals surface area contributed by atoms with Crippen LogP contribution < -0.4 is 10.6 Å². The Balaban J connectivity index is 1.45. The monoisotopic (exact) mass is 422 g/mol. The van der Waals surface area contributed by atoms with Crippen LogP contribution >= 0.6 is 0 Å². The van der Waals surface area contributed by atoms with E-state index >= 15 is 0 Å². The van der Waals surface area contributed by atoms with E-state index in [1.165, 1.54) is 6.07 Å². The van der Waals surface area contributed by atoms with Gasteiger partial charge in [-0.2, -0.15) is 0 Å². The molecule has 8 nitrogen and oxygen atoms in total. The molecule has 2 heterocycles. The Bertz CT molecular complexity index is 1200. The van der Waals surface area contributed by atoms with Crippen LogP contribution in [0.2, 0.25) is 0 Å². The Morgan fingerprint density at radius 3 is 2.90 bits per heavy atom. The fourth-order valence-corrected chi connectivity index (χ4v) is 3.39. The van der Waals surface area contributed by atoms with Crippen LogP contribution in [0.3, 0.4) is 0 Å². The molecule has 0 radical (unpaired) electrons. The third-order valence-electron chi connectivity index (χ3n) is 5.11. The number of nitrogens with zero attached hydrogens (tertiary/aromatic N) is 3. The maximum atomic E-state index is 13.9. The van der Waals surface area contributed by atoms with Crippen LogP contribution in [-0.4, -0.2) is 39.7 Å². The summed E-state index contributed by atoms with van der Waals surface area (Å²) in [5.41, 5.74) is 3.05. The van der Waals surface area contributed by atoms with Crippen molar-refractivity contribution in [2.45, 2.75) is 19.5 Å². The van der Waals surface area contributed by atoms with Crippen molar-refractivity contribution in [3.8, 4) is 0 Å². The predicted molar refractivity (Wildman–Crippen MR) is 115 cm³/mol. The van der Waals surface area contributed by atoms with Gasteiger partial charge < -0.3 is 15.0 Å². The highest BCUT2D eigenvalue weighted by Crippen LogP contribution is 2.21. The number of nitrogens with one attached hydrogen (secondary N) is 3. The zero-order valence-electron chi connectivity index (χ0n) is 17.2. The molecule has 0 fully saturated rings. The number of carbonyl (C=O) groups is 1. The SMILES string of the molecule is COCC(NC(=O)Nc1nnn(Cc2ccccc2F)c1C)c1ccc2[nH]ccc2c1. The zero-order chi connectivity index (χ0) is 21.8. The minimum Gasteiger partial charge on any atom is -0.382 e. The summed E-state index contributed by atoms with van der Waals surface area (Å²) in [4.78, 5) is 15.8. The molecule has 0 saturated carbocycles. The molecule has 4 rings (SSSR count). The maximum Gasteiger partial charge on any atom is 0.321 e. The molecule has 0 aliphatic rings. The molecule has 160 valence electrons. The number of urea groups is 1. The largest absolute Gasteiger partial charge is 0.382 e. The molecular weight excluding hydrogens is 399 g/mol. The number of fused-ring (bicyclic) bond motifs is 1. The molecule has 1 atom stereocenters. The number of H-pyrrole nitrogens is 1. The molecule has 2 aromatic heterocycles. The predicted octanol–water partition coefficient (Wildman–Crippen LogP) is 3.76. The number of methoxy groups -OCH3 is 1. The molecule has 1 unspecified atom stereocenters. The molecule has 3 N–H and O–H groups in total. The molecular formula is C22H23FN6O2. The molecule has 0 aliphatic carbocycles. The zero-order valence-corrected chi connectivity index (χ0v) is 17.2. The number of ether oxygens (including phenoxy) is 1. The number of aromatic nitrogens is 4. The van der Waals surface area contributed by atoms with Gasteiger partial charge in [-0.05, 0) is 42.1 Å². The van der Waals surface area contributed by atoms with Gasteiger partial charge in [0.2, 0.25) is 0 Å². The van der Waals surface area contributed by atoms with E-state index in [-0.39, 0.29) is 18.4 Å². The molecule has 0 aliphatic heterocycles. The van der Waals surface area contributed by atoms with Crippen LogP contribution in [0.1, 0.15) is 22.9 Å². The minimum atomic E-state index is -0.433. The number of anilines is 1. The molecule has 9 heteroatoms. The molecule has 4 aromatic rings. The molecule has 0 spiro atoms. The number of rotatable bonds is 7. The highest BCUT2D eigenvalue weighted by molar-refractivity contribution is 5.89. The fourth-order valence-electron chi connectivity index (χ4n) is 3.39. The van der Waals surface area contributed by atoms with E-state index in [1.807, 2.05) is 30.5 Å². The maximum absolute atomic E-state index is 13.9. The molecule has 31 heavy (non-hydrogen) atoms. The van der Waals surface area contributed by atoms with Gasteiger partial charge in [-0.15, -0.1) is 5.10 Å². The second kappa shape index (κ2) is 8.97. The first kappa shape index (κ1) is 20.5. The second-order valence-electron chi connectivity index (χ2n) is 7.20. The van der Waals surface area contributed by atoms with E-state index in [9.17, 15) is 9.18 Å². The van der Waals surface area contributed by atoms with Crippen molar-refractivity contribution < 1.29 is 13.9 Å². The van der Waals surface area contributed by atoms with Crippen LogP contribution in [-0.2, 0) is 11.3 Å². The van der Waals surface area contributed by atoms with E-state index in [1.54, 1.807) is 36.9 Å².